The van der Waals surface area contributed by atoms with Crippen LogP contribution in [0.1, 0.15) is 15.9 Å². The van der Waals surface area contributed by atoms with Gasteiger partial charge >= 0.3 is 0 Å². The number of rotatable bonds is 6. The Morgan fingerprint density at radius 2 is 1.58 bits per heavy atom. The van der Waals surface area contributed by atoms with Crippen molar-refractivity contribution < 1.29 is 9.53 Å². The van der Waals surface area contributed by atoms with Crippen LogP contribution in [0.4, 0.5) is 0 Å². The molecule has 0 atom stereocenters. The van der Waals surface area contributed by atoms with Crippen LogP contribution in [-0.4, -0.2) is 20.5 Å². The molecule has 0 aliphatic heterocycles. The van der Waals surface area contributed by atoms with Gasteiger partial charge in [0.2, 0.25) is 0 Å². The summed E-state index contributed by atoms with van der Waals surface area (Å²) in [6, 6.07) is 27.9. The number of fused-ring (bicyclic) bond motifs is 1. The molecule has 0 saturated heterocycles. The first-order valence-electron chi connectivity index (χ1n) is 10.4. The molecular formula is C26H20N4O3. The molecule has 7 nitrogen and oxygen atoms in total. The number of H-pyrrole nitrogens is 1. The summed E-state index contributed by atoms with van der Waals surface area (Å²) in [4.78, 5) is 29.9. The topological polar surface area (TPSA) is 88.5 Å². The molecule has 1 amide bonds. The van der Waals surface area contributed by atoms with Crippen molar-refractivity contribution in [2.75, 3.05) is 0 Å². The minimum Gasteiger partial charge on any atom is -0.457 e. The molecule has 0 saturated carbocycles. The van der Waals surface area contributed by atoms with Gasteiger partial charge in [0.25, 0.3) is 11.5 Å². The maximum absolute atomic E-state index is 12.8. The lowest BCUT2D eigenvalue weighted by Gasteiger charge is -2.08. The highest BCUT2D eigenvalue weighted by Crippen LogP contribution is 2.21. The van der Waals surface area contributed by atoms with Crippen molar-refractivity contribution >= 4 is 11.6 Å². The molecule has 33 heavy (non-hydrogen) atoms. The van der Waals surface area contributed by atoms with E-state index in [0.717, 1.165) is 16.9 Å². The van der Waals surface area contributed by atoms with Gasteiger partial charge in [0, 0.05) is 24.4 Å². The van der Waals surface area contributed by atoms with Crippen molar-refractivity contribution in [3.63, 3.8) is 0 Å². The fourth-order valence-corrected chi connectivity index (χ4v) is 3.48. The first-order chi connectivity index (χ1) is 16.2. The second-order valence-corrected chi connectivity index (χ2v) is 7.43. The lowest BCUT2D eigenvalue weighted by molar-refractivity contribution is 0.0952. The Morgan fingerprint density at radius 1 is 0.909 bits per heavy atom. The minimum absolute atomic E-state index is 0.283. The third-order valence-electron chi connectivity index (χ3n) is 5.17. The van der Waals surface area contributed by atoms with E-state index in [1.54, 1.807) is 0 Å². The van der Waals surface area contributed by atoms with Crippen molar-refractivity contribution in [2.24, 2.45) is 0 Å². The van der Waals surface area contributed by atoms with Crippen LogP contribution >= 0.6 is 0 Å². The number of hydrogen-bond donors (Lipinski definition) is 2. The van der Waals surface area contributed by atoms with Gasteiger partial charge in [-0.25, -0.2) is 9.50 Å². The van der Waals surface area contributed by atoms with E-state index in [9.17, 15) is 9.59 Å². The van der Waals surface area contributed by atoms with E-state index >= 15 is 0 Å². The molecule has 3 aromatic carbocycles. The van der Waals surface area contributed by atoms with Gasteiger partial charge in [-0.2, -0.15) is 0 Å². The molecule has 5 aromatic rings. The Morgan fingerprint density at radius 3 is 2.30 bits per heavy atom. The average Bonchev–Trinajstić information content (AvgIpc) is 3.29. The summed E-state index contributed by atoms with van der Waals surface area (Å²) < 4.78 is 7.05. The van der Waals surface area contributed by atoms with Gasteiger partial charge in [0.1, 0.15) is 17.1 Å². The van der Waals surface area contributed by atoms with Crippen LogP contribution in [0.5, 0.6) is 11.5 Å². The maximum atomic E-state index is 12.8. The number of para-hydroxylation sites is 1. The molecule has 162 valence electrons. The largest absolute Gasteiger partial charge is 0.457 e. The molecule has 0 aliphatic rings. The van der Waals surface area contributed by atoms with Crippen LogP contribution in [0.15, 0.2) is 102 Å². The second kappa shape index (κ2) is 8.84. The van der Waals surface area contributed by atoms with Crippen LogP contribution in [0.2, 0.25) is 0 Å². The molecule has 0 bridgehead atoms. The first kappa shape index (κ1) is 20.3. The molecule has 0 radical (unpaired) electrons. The van der Waals surface area contributed by atoms with E-state index in [-0.39, 0.29) is 17.1 Å². The molecule has 2 heterocycles. The van der Waals surface area contributed by atoms with E-state index in [4.69, 9.17) is 4.74 Å². The normalized spacial score (nSPS) is 10.8. The van der Waals surface area contributed by atoms with Crippen LogP contribution < -0.4 is 15.6 Å². The summed E-state index contributed by atoms with van der Waals surface area (Å²) in [5.74, 6) is 1.15. The smallest absolute Gasteiger partial charge is 0.273 e. The third-order valence-corrected chi connectivity index (χ3v) is 5.17. The van der Waals surface area contributed by atoms with Crippen molar-refractivity contribution in [2.45, 2.75) is 6.54 Å². The van der Waals surface area contributed by atoms with Gasteiger partial charge in [-0.1, -0.05) is 60.7 Å². The summed E-state index contributed by atoms with van der Waals surface area (Å²) >= 11 is 0. The van der Waals surface area contributed by atoms with Crippen molar-refractivity contribution in [3.05, 3.63) is 119 Å². The summed E-state index contributed by atoms with van der Waals surface area (Å²) in [7, 11) is 0. The van der Waals surface area contributed by atoms with Crippen molar-refractivity contribution in [3.8, 4) is 22.8 Å². The number of amides is 1. The molecular weight excluding hydrogens is 416 g/mol. The summed E-state index contributed by atoms with van der Waals surface area (Å²) in [6.45, 7) is 0.324. The second-order valence-electron chi connectivity index (χ2n) is 7.43. The number of nitrogens with zero attached hydrogens (tertiary/aromatic N) is 2. The zero-order valence-electron chi connectivity index (χ0n) is 17.6. The van der Waals surface area contributed by atoms with E-state index in [2.05, 4.69) is 15.4 Å². The molecule has 0 fully saturated rings. The number of nitrogens with one attached hydrogen (secondary N) is 2. The van der Waals surface area contributed by atoms with E-state index in [1.807, 2.05) is 84.9 Å². The summed E-state index contributed by atoms with van der Waals surface area (Å²) in [5, 5.41) is 5.70. The van der Waals surface area contributed by atoms with Gasteiger partial charge in [-0.3, -0.25) is 14.7 Å². The van der Waals surface area contributed by atoms with Crippen LogP contribution in [0, 0.1) is 0 Å². The van der Waals surface area contributed by atoms with E-state index < -0.39 is 0 Å². The predicted octanol–water partition coefficient (Wildman–Crippen LogP) is 4.41. The fraction of sp³-hybridized carbons (Fsp3) is 0.0385. The summed E-state index contributed by atoms with van der Waals surface area (Å²) in [5.41, 5.74) is 2.54. The van der Waals surface area contributed by atoms with Crippen molar-refractivity contribution in [1.82, 2.24) is 19.9 Å². The number of carbonyl (C=O) groups excluding carboxylic acids is 1. The standard InChI is InChI=1S/C26H20N4O3/c31-24-15-23(19-7-3-1-4-8-19)29-25-22(17-28-30(24)25)26(32)27-16-18-11-13-21(14-12-18)33-20-9-5-2-6-10-20/h1-15,17,28H,16H2,(H,27,32). The Balaban J connectivity index is 1.31. The first-order valence-corrected chi connectivity index (χ1v) is 10.4. The highest BCUT2D eigenvalue weighted by atomic mass is 16.5. The lowest BCUT2D eigenvalue weighted by Crippen LogP contribution is -2.23. The molecule has 0 unspecified atom stereocenters. The van der Waals surface area contributed by atoms with Crippen LogP contribution in [0.3, 0.4) is 0 Å². The van der Waals surface area contributed by atoms with Gasteiger partial charge < -0.3 is 10.1 Å². The molecule has 0 aliphatic carbocycles. The van der Waals surface area contributed by atoms with Gasteiger partial charge in [0.15, 0.2) is 5.65 Å². The van der Waals surface area contributed by atoms with Gasteiger partial charge in [-0.15, -0.1) is 0 Å². The molecule has 0 spiro atoms. The molecule has 5 rings (SSSR count). The molecule has 2 N–H and O–H groups in total. The fourth-order valence-electron chi connectivity index (χ4n) is 3.48. The zero-order chi connectivity index (χ0) is 22.6. The number of aromatic nitrogens is 3. The van der Waals surface area contributed by atoms with Crippen LogP contribution in [-0.2, 0) is 6.54 Å². The Bertz CT molecular complexity index is 1460. The van der Waals surface area contributed by atoms with E-state index in [1.165, 1.54) is 16.8 Å². The molecule has 7 heteroatoms. The maximum Gasteiger partial charge on any atom is 0.273 e. The molecule has 2 aromatic heterocycles. The summed E-state index contributed by atoms with van der Waals surface area (Å²) in [6.07, 6.45) is 1.49. The number of aromatic amines is 1. The van der Waals surface area contributed by atoms with Gasteiger partial charge in [0.05, 0.1) is 5.69 Å². The minimum atomic E-state index is -0.324. The lowest BCUT2D eigenvalue weighted by atomic mass is 10.1. The Kier molecular flexibility index (Phi) is 5.43. The zero-order valence-corrected chi connectivity index (χ0v) is 17.6. The number of hydrogen-bond acceptors (Lipinski definition) is 4. The average molecular weight is 436 g/mol. The Labute approximate surface area is 189 Å². The highest BCUT2D eigenvalue weighted by Gasteiger charge is 2.16. The SMILES string of the molecule is O=C(NCc1ccc(Oc2ccccc2)cc1)c1c[nH]n2c(=O)cc(-c3ccccc3)nc12. The number of ether oxygens (including phenoxy) is 1. The quantitative estimate of drug-likeness (QED) is 0.413. The number of benzene rings is 3. The van der Waals surface area contributed by atoms with Crippen molar-refractivity contribution in [1.29, 1.82) is 0 Å². The van der Waals surface area contributed by atoms with E-state index in [0.29, 0.717) is 23.6 Å². The van der Waals surface area contributed by atoms with Crippen LogP contribution in [0.25, 0.3) is 16.9 Å². The van der Waals surface area contributed by atoms with Gasteiger partial charge in [-0.05, 0) is 29.8 Å². The monoisotopic (exact) mass is 436 g/mol. The number of carbonyl (C=O) groups is 1. The Hall–Kier alpha value is -4.65. The highest BCUT2D eigenvalue weighted by molar-refractivity contribution is 5.99. The predicted molar refractivity (Wildman–Crippen MR) is 125 cm³/mol. The third kappa shape index (κ3) is 4.38.